The maximum atomic E-state index is 12.9. The number of anilines is 2. The van der Waals surface area contributed by atoms with Crippen LogP contribution < -0.4 is 19.5 Å². The fourth-order valence-electron chi connectivity index (χ4n) is 4.07. The van der Waals surface area contributed by atoms with E-state index in [4.69, 9.17) is 9.47 Å². The maximum Gasteiger partial charge on any atom is 0.261 e. The summed E-state index contributed by atoms with van der Waals surface area (Å²) in [6, 6.07) is 18.5. The van der Waals surface area contributed by atoms with Crippen LogP contribution in [0.4, 0.5) is 11.4 Å². The monoisotopic (exact) mass is 479 g/mol. The van der Waals surface area contributed by atoms with Crippen LogP contribution in [0.25, 0.3) is 0 Å². The van der Waals surface area contributed by atoms with Gasteiger partial charge in [-0.3, -0.25) is 14.4 Å². The second-order valence-corrected chi connectivity index (χ2v) is 10.0. The zero-order valence-corrected chi connectivity index (χ0v) is 19.3. The molecule has 0 bridgehead atoms. The van der Waals surface area contributed by atoms with E-state index in [0.29, 0.717) is 22.9 Å². The number of fused-ring (bicyclic) bond motifs is 1. The molecule has 9 heteroatoms. The van der Waals surface area contributed by atoms with Gasteiger partial charge in [0.15, 0.2) is 11.5 Å². The van der Waals surface area contributed by atoms with Crippen molar-refractivity contribution in [1.82, 2.24) is 4.90 Å². The average Bonchev–Trinajstić information content (AvgIpc) is 3.52. The lowest BCUT2D eigenvalue weighted by Gasteiger charge is -2.15. The maximum absolute atomic E-state index is 12.9. The summed E-state index contributed by atoms with van der Waals surface area (Å²) in [6.45, 7) is 3.26. The van der Waals surface area contributed by atoms with Crippen molar-refractivity contribution in [2.45, 2.75) is 24.3 Å². The van der Waals surface area contributed by atoms with Crippen molar-refractivity contribution in [2.24, 2.45) is 0 Å². The third kappa shape index (κ3) is 5.00. The SMILES string of the molecule is O=C(Nc1ccc(CN2CCCC2)cc1)c1cccc(S(=O)(=O)Nc2ccc3c(c2)OCO3)c1. The van der Waals surface area contributed by atoms with Gasteiger partial charge in [-0.1, -0.05) is 18.2 Å². The van der Waals surface area contributed by atoms with E-state index in [1.807, 2.05) is 24.3 Å². The van der Waals surface area contributed by atoms with E-state index >= 15 is 0 Å². The minimum absolute atomic E-state index is 0.0150. The number of ether oxygens (including phenoxy) is 2. The van der Waals surface area contributed by atoms with Gasteiger partial charge in [0.2, 0.25) is 6.79 Å². The summed E-state index contributed by atoms with van der Waals surface area (Å²) in [7, 11) is -3.91. The summed E-state index contributed by atoms with van der Waals surface area (Å²) in [6.07, 6.45) is 2.49. The van der Waals surface area contributed by atoms with E-state index in [2.05, 4.69) is 14.9 Å². The first-order valence-corrected chi connectivity index (χ1v) is 12.6. The normalized spacial score (nSPS) is 15.3. The molecule has 0 aliphatic carbocycles. The van der Waals surface area contributed by atoms with Crippen molar-refractivity contribution in [2.75, 3.05) is 29.9 Å². The Bertz CT molecular complexity index is 1300. The Hall–Kier alpha value is -3.56. The Morgan fingerprint density at radius 2 is 1.62 bits per heavy atom. The average molecular weight is 480 g/mol. The highest BCUT2D eigenvalue weighted by Crippen LogP contribution is 2.34. The molecule has 1 saturated heterocycles. The van der Waals surface area contributed by atoms with E-state index in [-0.39, 0.29) is 23.2 Å². The summed E-state index contributed by atoms with van der Waals surface area (Å²) >= 11 is 0. The topological polar surface area (TPSA) is 97.0 Å². The van der Waals surface area contributed by atoms with Gasteiger partial charge in [0, 0.05) is 23.9 Å². The Morgan fingerprint density at radius 3 is 2.41 bits per heavy atom. The fraction of sp³-hybridized carbons (Fsp3) is 0.240. The van der Waals surface area contributed by atoms with E-state index < -0.39 is 10.0 Å². The van der Waals surface area contributed by atoms with Gasteiger partial charge in [-0.25, -0.2) is 8.42 Å². The number of hydrogen-bond acceptors (Lipinski definition) is 6. The van der Waals surface area contributed by atoms with Gasteiger partial charge < -0.3 is 14.8 Å². The molecule has 176 valence electrons. The Labute approximate surface area is 198 Å². The molecule has 0 atom stereocenters. The van der Waals surface area contributed by atoms with Crippen molar-refractivity contribution in [3.63, 3.8) is 0 Å². The second kappa shape index (κ2) is 9.36. The molecule has 0 radical (unpaired) electrons. The zero-order valence-electron chi connectivity index (χ0n) is 18.5. The number of sulfonamides is 1. The van der Waals surface area contributed by atoms with Crippen molar-refractivity contribution >= 4 is 27.3 Å². The Morgan fingerprint density at radius 1 is 0.882 bits per heavy atom. The van der Waals surface area contributed by atoms with Crippen LogP contribution in [-0.4, -0.2) is 39.1 Å². The molecule has 1 fully saturated rings. The highest BCUT2D eigenvalue weighted by atomic mass is 32.2. The van der Waals surface area contributed by atoms with Crippen LogP contribution in [0.1, 0.15) is 28.8 Å². The smallest absolute Gasteiger partial charge is 0.261 e. The van der Waals surface area contributed by atoms with Gasteiger partial charge in [0.25, 0.3) is 15.9 Å². The fourth-order valence-corrected chi connectivity index (χ4v) is 5.17. The third-order valence-corrected chi connectivity index (χ3v) is 7.23. The van der Waals surface area contributed by atoms with Gasteiger partial charge in [-0.05, 0) is 74.0 Å². The van der Waals surface area contributed by atoms with Gasteiger partial charge in [0.05, 0.1) is 10.6 Å². The van der Waals surface area contributed by atoms with Crippen LogP contribution in [0, 0.1) is 0 Å². The van der Waals surface area contributed by atoms with Crippen LogP contribution in [-0.2, 0) is 16.6 Å². The molecule has 34 heavy (non-hydrogen) atoms. The quantitative estimate of drug-likeness (QED) is 0.530. The molecule has 3 aromatic rings. The van der Waals surface area contributed by atoms with Crippen LogP contribution in [0.15, 0.2) is 71.6 Å². The molecule has 1 amide bonds. The molecule has 2 aliphatic rings. The Kier molecular flexibility index (Phi) is 6.12. The molecular formula is C25H25N3O5S. The molecule has 2 aliphatic heterocycles. The molecule has 8 nitrogen and oxygen atoms in total. The molecule has 5 rings (SSSR count). The summed E-state index contributed by atoms with van der Waals surface area (Å²) in [5.41, 5.74) is 2.44. The minimum atomic E-state index is -3.91. The molecule has 0 aromatic heterocycles. The summed E-state index contributed by atoms with van der Waals surface area (Å²) in [5.74, 6) is 0.651. The largest absolute Gasteiger partial charge is 0.454 e. The number of carbonyl (C=O) groups is 1. The molecule has 2 heterocycles. The first kappa shape index (κ1) is 22.2. The lowest BCUT2D eigenvalue weighted by atomic mass is 10.1. The minimum Gasteiger partial charge on any atom is -0.454 e. The van der Waals surface area contributed by atoms with Gasteiger partial charge in [-0.15, -0.1) is 0 Å². The number of carbonyl (C=O) groups excluding carboxylic acids is 1. The van der Waals surface area contributed by atoms with Crippen LogP contribution in [0.5, 0.6) is 11.5 Å². The van der Waals surface area contributed by atoms with Crippen molar-refractivity contribution in [3.05, 3.63) is 77.9 Å². The highest BCUT2D eigenvalue weighted by molar-refractivity contribution is 7.92. The predicted molar refractivity (Wildman–Crippen MR) is 129 cm³/mol. The zero-order chi connectivity index (χ0) is 23.5. The van der Waals surface area contributed by atoms with Crippen LogP contribution in [0.3, 0.4) is 0 Å². The van der Waals surface area contributed by atoms with Gasteiger partial charge in [0.1, 0.15) is 0 Å². The molecule has 0 spiro atoms. The van der Waals surface area contributed by atoms with Gasteiger partial charge in [-0.2, -0.15) is 0 Å². The Balaban J connectivity index is 1.26. The number of benzene rings is 3. The number of likely N-dealkylation sites (tertiary alicyclic amines) is 1. The molecule has 3 aromatic carbocycles. The molecule has 0 unspecified atom stereocenters. The standard InChI is InChI=1S/C25H25N3O5S/c29-25(26-20-8-6-18(7-9-20)16-28-12-1-2-13-28)19-4-3-5-22(14-19)34(30,31)27-21-10-11-23-24(15-21)33-17-32-23/h3-11,14-15,27H,1-2,12-13,16-17H2,(H,26,29). The van der Waals surface area contributed by atoms with E-state index in [9.17, 15) is 13.2 Å². The highest BCUT2D eigenvalue weighted by Gasteiger charge is 2.19. The lowest BCUT2D eigenvalue weighted by Crippen LogP contribution is -2.18. The van der Waals surface area contributed by atoms with E-state index in [1.165, 1.54) is 30.5 Å². The molecule has 0 saturated carbocycles. The summed E-state index contributed by atoms with van der Waals surface area (Å²) < 4.78 is 38.9. The first-order valence-electron chi connectivity index (χ1n) is 11.1. The summed E-state index contributed by atoms with van der Waals surface area (Å²) in [4.78, 5) is 15.2. The number of hydrogen-bond donors (Lipinski definition) is 2. The number of nitrogens with one attached hydrogen (secondary N) is 2. The number of nitrogens with zero attached hydrogens (tertiary/aromatic N) is 1. The number of rotatable bonds is 7. The second-order valence-electron chi connectivity index (χ2n) is 8.34. The van der Waals surface area contributed by atoms with Crippen LogP contribution >= 0.6 is 0 Å². The molecule has 2 N–H and O–H groups in total. The van der Waals surface area contributed by atoms with Crippen molar-refractivity contribution in [1.29, 1.82) is 0 Å². The van der Waals surface area contributed by atoms with Gasteiger partial charge >= 0.3 is 0 Å². The predicted octanol–water partition coefficient (Wildman–Crippen LogP) is 4.06. The van der Waals surface area contributed by atoms with E-state index in [0.717, 1.165) is 19.6 Å². The first-order chi connectivity index (χ1) is 16.5. The van der Waals surface area contributed by atoms with Crippen LogP contribution in [0.2, 0.25) is 0 Å². The lowest BCUT2D eigenvalue weighted by molar-refractivity contribution is 0.102. The van der Waals surface area contributed by atoms with Crippen molar-refractivity contribution in [3.8, 4) is 11.5 Å². The van der Waals surface area contributed by atoms with E-state index in [1.54, 1.807) is 30.3 Å². The molecular weight excluding hydrogens is 454 g/mol. The number of amides is 1. The van der Waals surface area contributed by atoms with Crippen molar-refractivity contribution < 1.29 is 22.7 Å². The third-order valence-electron chi connectivity index (χ3n) is 5.85. The summed E-state index contributed by atoms with van der Waals surface area (Å²) in [5, 5.41) is 2.84.